The molecule has 2 aliphatic heterocycles. The molecule has 3 unspecified atom stereocenters. The van der Waals surface area contributed by atoms with E-state index in [-0.39, 0.29) is 12.4 Å². The summed E-state index contributed by atoms with van der Waals surface area (Å²) >= 11 is 2.08. The minimum absolute atomic E-state index is 0. The van der Waals surface area contributed by atoms with Crippen LogP contribution in [0.5, 0.6) is 0 Å². The first-order chi connectivity index (χ1) is 6.36. The number of thioether (sulfide) groups is 1. The van der Waals surface area contributed by atoms with E-state index < -0.39 is 0 Å². The van der Waals surface area contributed by atoms with Gasteiger partial charge in [0.05, 0.1) is 6.61 Å². The molecule has 0 spiro atoms. The van der Waals surface area contributed by atoms with Gasteiger partial charge in [-0.05, 0) is 24.5 Å². The zero-order chi connectivity index (χ0) is 9.10. The van der Waals surface area contributed by atoms with E-state index in [0.717, 1.165) is 13.2 Å². The van der Waals surface area contributed by atoms with E-state index in [0.29, 0.717) is 17.4 Å². The minimum atomic E-state index is 0. The lowest BCUT2D eigenvalue weighted by Crippen LogP contribution is -2.48. The molecule has 0 aromatic carbocycles. The Morgan fingerprint density at radius 1 is 1.36 bits per heavy atom. The van der Waals surface area contributed by atoms with E-state index in [1.165, 1.54) is 25.0 Å². The Hall–Kier alpha value is 0.560. The van der Waals surface area contributed by atoms with Gasteiger partial charge in [-0.25, -0.2) is 0 Å². The third-order valence-electron chi connectivity index (χ3n) is 2.78. The molecular weight excluding hydrogens is 218 g/mol. The van der Waals surface area contributed by atoms with Crippen LogP contribution >= 0.6 is 24.2 Å². The fraction of sp³-hybridized carbons (Fsp3) is 1.00. The number of hydrogen-bond acceptors (Lipinski definition) is 3. The summed E-state index contributed by atoms with van der Waals surface area (Å²) in [6.45, 7) is 4.30. The number of ether oxygens (including phenoxy) is 1. The molecular formula is C10H20ClNOS. The number of rotatable bonds is 1. The van der Waals surface area contributed by atoms with Gasteiger partial charge in [0.2, 0.25) is 0 Å². The van der Waals surface area contributed by atoms with Crippen molar-refractivity contribution in [2.75, 3.05) is 18.9 Å². The van der Waals surface area contributed by atoms with E-state index in [2.05, 4.69) is 24.0 Å². The highest BCUT2D eigenvalue weighted by Crippen LogP contribution is 2.29. The van der Waals surface area contributed by atoms with Gasteiger partial charge in [0, 0.05) is 11.8 Å². The summed E-state index contributed by atoms with van der Waals surface area (Å²) in [4.78, 5) is 0. The number of halogens is 1. The van der Waals surface area contributed by atoms with Crippen LogP contribution in [0.1, 0.15) is 26.2 Å². The molecule has 14 heavy (non-hydrogen) atoms. The van der Waals surface area contributed by atoms with Gasteiger partial charge in [-0.15, -0.1) is 12.4 Å². The van der Waals surface area contributed by atoms with Crippen molar-refractivity contribution in [3.63, 3.8) is 0 Å². The van der Waals surface area contributed by atoms with Crippen molar-refractivity contribution in [1.29, 1.82) is 0 Å². The maximum absolute atomic E-state index is 5.80. The van der Waals surface area contributed by atoms with Gasteiger partial charge in [0.15, 0.2) is 0 Å². The Labute approximate surface area is 97.0 Å². The van der Waals surface area contributed by atoms with Gasteiger partial charge in [0.1, 0.15) is 6.23 Å². The topological polar surface area (TPSA) is 21.3 Å². The molecule has 84 valence electrons. The smallest absolute Gasteiger partial charge is 0.120 e. The zero-order valence-corrected chi connectivity index (χ0v) is 10.3. The highest BCUT2D eigenvalue weighted by molar-refractivity contribution is 8.00. The van der Waals surface area contributed by atoms with Gasteiger partial charge in [-0.2, -0.15) is 11.8 Å². The Morgan fingerprint density at radius 2 is 2.21 bits per heavy atom. The van der Waals surface area contributed by atoms with Crippen molar-refractivity contribution in [2.24, 2.45) is 5.92 Å². The average molecular weight is 238 g/mol. The molecule has 2 rings (SSSR count). The molecule has 0 aliphatic carbocycles. The summed E-state index contributed by atoms with van der Waals surface area (Å²) in [6.07, 6.45) is 4.44. The normalized spacial score (nSPS) is 38.8. The molecule has 0 aromatic rings. The SMILES string of the molecule is CC1CNC(C2CCCCS2)OC1.Cl. The van der Waals surface area contributed by atoms with Crippen LogP contribution in [0.15, 0.2) is 0 Å². The Bertz CT molecular complexity index is 156. The molecule has 4 heteroatoms. The summed E-state index contributed by atoms with van der Waals surface area (Å²) in [7, 11) is 0. The molecule has 0 aromatic heterocycles. The maximum Gasteiger partial charge on any atom is 0.120 e. The van der Waals surface area contributed by atoms with E-state index in [1.807, 2.05) is 0 Å². The van der Waals surface area contributed by atoms with E-state index in [9.17, 15) is 0 Å². The second kappa shape index (κ2) is 6.21. The fourth-order valence-corrected chi connectivity index (χ4v) is 3.30. The molecule has 2 fully saturated rings. The van der Waals surface area contributed by atoms with Crippen molar-refractivity contribution in [1.82, 2.24) is 5.32 Å². The number of hydrogen-bond donors (Lipinski definition) is 1. The lowest BCUT2D eigenvalue weighted by molar-refractivity contribution is -0.0256. The highest BCUT2D eigenvalue weighted by atomic mass is 35.5. The molecule has 2 saturated heterocycles. The lowest BCUT2D eigenvalue weighted by Gasteiger charge is -2.35. The molecule has 1 N–H and O–H groups in total. The monoisotopic (exact) mass is 237 g/mol. The maximum atomic E-state index is 5.80. The van der Waals surface area contributed by atoms with E-state index in [1.54, 1.807) is 0 Å². The lowest BCUT2D eigenvalue weighted by atomic mass is 10.1. The Balaban J connectivity index is 0.000000980. The van der Waals surface area contributed by atoms with Gasteiger partial charge >= 0.3 is 0 Å². The van der Waals surface area contributed by atoms with Gasteiger partial charge in [-0.1, -0.05) is 13.3 Å². The third-order valence-corrected chi connectivity index (χ3v) is 4.22. The Morgan fingerprint density at radius 3 is 2.79 bits per heavy atom. The standard InChI is InChI=1S/C10H19NOS.ClH/c1-8-6-11-10(12-7-8)9-4-2-3-5-13-9;/h8-11H,2-7H2,1H3;1H. The summed E-state index contributed by atoms with van der Waals surface area (Å²) < 4.78 is 5.80. The third kappa shape index (κ3) is 3.30. The quantitative estimate of drug-likeness (QED) is 0.756. The molecule has 0 amide bonds. The van der Waals surface area contributed by atoms with Crippen LogP contribution in [0.25, 0.3) is 0 Å². The van der Waals surface area contributed by atoms with Crippen LogP contribution in [0.4, 0.5) is 0 Å². The van der Waals surface area contributed by atoms with Crippen molar-refractivity contribution in [3.05, 3.63) is 0 Å². The van der Waals surface area contributed by atoms with Gasteiger partial charge < -0.3 is 4.74 Å². The summed E-state index contributed by atoms with van der Waals surface area (Å²) in [5, 5.41) is 4.20. The van der Waals surface area contributed by atoms with Crippen LogP contribution in [0.2, 0.25) is 0 Å². The average Bonchev–Trinajstić information content (AvgIpc) is 2.20. The van der Waals surface area contributed by atoms with Crippen LogP contribution in [-0.4, -0.2) is 30.4 Å². The predicted octanol–water partition coefficient (Wildman–Crippen LogP) is 2.28. The molecule has 2 aliphatic rings. The molecule has 0 saturated carbocycles. The molecule has 0 bridgehead atoms. The first-order valence-electron chi connectivity index (χ1n) is 5.33. The summed E-state index contributed by atoms with van der Waals surface area (Å²) in [6, 6.07) is 0. The van der Waals surface area contributed by atoms with Gasteiger partial charge in [0.25, 0.3) is 0 Å². The van der Waals surface area contributed by atoms with Crippen molar-refractivity contribution >= 4 is 24.2 Å². The van der Waals surface area contributed by atoms with Crippen molar-refractivity contribution < 1.29 is 4.74 Å². The van der Waals surface area contributed by atoms with Crippen molar-refractivity contribution in [3.8, 4) is 0 Å². The fourth-order valence-electron chi connectivity index (χ4n) is 1.95. The second-order valence-corrected chi connectivity index (χ2v) is 5.52. The highest BCUT2D eigenvalue weighted by Gasteiger charge is 2.27. The second-order valence-electron chi connectivity index (χ2n) is 4.17. The predicted molar refractivity (Wildman–Crippen MR) is 64.3 cm³/mol. The van der Waals surface area contributed by atoms with Crippen LogP contribution < -0.4 is 5.32 Å². The Kier molecular flexibility index (Phi) is 5.60. The first kappa shape index (κ1) is 12.6. The first-order valence-corrected chi connectivity index (χ1v) is 6.38. The summed E-state index contributed by atoms with van der Waals surface area (Å²) in [5.74, 6) is 2.01. The van der Waals surface area contributed by atoms with Gasteiger partial charge in [-0.3, -0.25) is 5.32 Å². The van der Waals surface area contributed by atoms with Crippen LogP contribution in [0, 0.1) is 5.92 Å². The largest absolute Gasteiger partial charge is 0.362 e. The van der Waals surface area contributed by atoms with E-state index >= 15 is 0 Å². The number of nitrogens with one attached hydrogen (secondary N) is 1. The van der Waals surface area contributed by atoms with Crippen molar-refractivity contribution in [2.45, 2.75) is 37.7 Å². The molecule has 2 nitrogen and oxygen atoms in total. The molecule has 2 heterocycles. The molecule has 3 atom stereocenters. The van der Waals surface area contributed by atoms with Crippen LogP contribution in [-0.2, 0) is 4.74 Å². The summed E-state index contributed by atoms with van der Waals surface area (Å²) in [5.41, 5.74) is 0. The molecule has 0 radical (unpaired) electrons. The van der Waals surface area contributed by atoms with E-state index in [4.69, 9.17) is 4.74 Å². The zero-order valence-electron chi connectivity index (χ0n) is 8.70. The van der Waals surface area contributed by atoms with Crippen LogP contribution in [0.3, 0.4) is 0 Å². The minimum Gasteiger partial charge on any atom is -0.362 e.